The molecule has 0 aliphatic carbocycles. The molecule has 0 radical (unpaired) electrons. The highest BCUT2D eigenvalue weighted by molar-refractivity contribution is 7.85. The molecule has 0 rings (SSSR count). The van der Waals surface area contributed by atoms with E-state index in [0.717, 1.165) is 6.26 Å². The zero-order chi connectivity index (χ0) is 16.0. The van der Waals surface area contributed by atoms with E-state index >= 15 is 0 Å². The third-order valence-corrected chi connectivity index (χ3v) is 2.70. The molecule has 120 valence electrons. The summed E-state index contributed by atoms with van der Waals surface area (Å²) in [5, 5.41) is 0. The first kappa shape index (κ1) is 19.2. The van der Waals surface area contributed by atoms with Gasteiger partial charge in [-0.05, 0) is 33.1 Å². The first-order chi connectivity index (χ1) is 8.91. The van der Waals surface area contributed by atoms with Gasteiger partial charge in [-0.1, -0.05) is 13.8 Å². The van der Waals surface area contributed by atoms with Crippen LogP contribution in [0.25, 0.3) is 0 Å². The standard InChI is InChI=1S/C13H27NO5S/c1-11(2)10-14(12(15)19-13(3,4)5)8-7-9-18-20(6,16)17/h11H,7-10H2,1-6H3. The van der Waals surface area contributed by atoms with Gasteiger partial charge in [0.05, 0.1) is 12.9 Å². The van der Waals surface area contributed by atoms with Crippen molar-refractivity contribution < 1.29 is 22.1 Å². The molecule has 0 aliphatic rings. The summed E-state index contributed by atoms with van der Waals surface area (Å²) in [4.78, 5) is 13.6. The third kappa shape index (κ3) is 11.0. The Morgan fingerprint density at radius 1 is 1.25 bits per heavy atom. The zero-order valence-electron chi connectivity index (χ0n) is 13.3. The van der Waals surface area contributed by atoms with E-state index in [4.69, 9.17) is 4.74 Å². The van der Waals surface area contributed by atoms with Crippen molar-refractivity contribution in [2.75, 3.05) is 26.0 Å². The molecule has 0 aromatic rings. The Hall–Kier alpha value is -0.820. The van der Waals surface area contributed by atoms with Crippen LogP contribution in [-0.2, 0) is 19.0 Å². The maximum Gasteiger partial charge on any atom is 0.410 e. The number of ether oxygens (including phenoxy) is 1. The molecule has 0 aliphatic heterocycles. The number of amides is 1. The molecule has 0 aromatic carbocycles. The van der Waals surface area contributed by atoms with Gasteiger partial charge in [0.15, 0.2) is 0 Å². The molecule has 1 amide bonds. The van der Waals surface area contributed by atoms with Gasteiger partial charge in [0.25, 0.3) is 10.1 Å². The first-order valence-electron chi connectivity index (χ1n) is 6.73. The summed E-state index contributed by atoms with van der Waals surface area (Å²) in [6.45, 7) is 10.5. The maximum absolute atomic E-state index is 12.0. The van der Waals surface area contributed by atoms with Crippen molar-refractivity contribution in [3.63, 3.8) is 0 Å². The van der Waals surface area contributed by atoms with Gasteiger partial charge >= 0.3 is 6.09 Å². The second-order valence-corrected chi connectivity index (χ2v) is 7.84. The van der Waals surface area contributed by atoms with E-state index in [1.807, 2.05) is 34.6 Å². The van der Waals surface area contributed by atoms with Crippen LogP contribution < -0.4 is 0 Å². The average Bonchev–Trinajstić information content (AvgIpc) is 2.17. The molecule has 20 heavy (non-hydrogen) atoms. The van der Waals surface area contributed by atoms with Gasteiger partial charge in [0.2, 0.25) is 0 Å². The van der Waals surface area contributed by atoms with Crippen LogP contribution in [0.5, 0.6) is 0 Å². The monoisotopic (exact) mass is 309 g/mol. The molecule has 0 spiro atoms. The Bertz CT molecular complexity index is 397. The Balaban J connectivity index is 4.39. The van der Waals surface area contributed by atoms with E-state index < -0.39 is 15.7 Å². The minimum atomic E-state index is -3.43. The van der Waals surface area contributed by atoms with Crippen molar-refractivity contribution in [1.29, 1.82) is 0 Å². The van der Waals surface area contributed by atoms with E-state index in [1.54, 1.807) is 4.90 Å². The molecule has 6 nitrogen and oxygen atoms in total. The molecule has 0 fully saturated rings. The normalized spacial score (nSPS) is 12.6. The van der Waals surface area contributed by atoms with Gasteiger partial charge < -0.3 is 9.64 Å². The van der Waals surface area contributed by atoms with Crippen LogP contribution in [-0.4, -0.2) is 51.0 Å². The van der Waals surface area contributed by atoms with Crippen molar-refractivity contribution >= 4 is 16.2 Å². The fraction of sp³-hybridized carbons (Fsp3) is 0.923. The number of carbonyl (C=O) groups is 1. The van der Waals surface area contributed by atoms with Crippen molar-refractivity contribution in [3.8, 4) is 0 Å². The summed E-state index contributed by atoms with van der Waals surface area (Å²) in [6.07, 6.45) is 1.07. The van der Waals surface area contributed by atoms with Gasteiger partial charge in [0, 0.05) is 13.1 Å². The van der Waals surface area contributed by atoms with E-state index in [9.17, 15) is 13.2 Å². The number of hydrogen-bond acceptors (Lipinski definition) is 5. The topological polar surface area (TPSA) is 72.9 Å². The molecule has 7 heteroatoms. The van der Waals surface area contributed by atoms with Gasteiger partial charge in [-0.2, -0.15) is 8.42 Å². The average molecular weight is 309 g/mol. The van der Waals surface area contributed by atoms with E-state index in [1.165, 1.54) is 0 Å². The minimum absolute atomic E-state index is 0.0657. The lowest BCUT2D eigenvalue weighted by atomic mass is 10.2. The number of carbonyl (C=O) groups excluding carboxylic acids is 1. The highest BCUT2D eigenvalue weighted by atomic mass is 32.2. The zero-order valence-corrected chi connectivity index (χ0v) is 14.1. The molecule has 0 aromatic heterocycles. The van der Waals surface area contributed by atoms with E-state index in [0.29, 0.717) is 25.4 Å². The molecule has 0 bridgehead atoms. The van der Waals surface area contributed by atoms with Crippen LogP contribution in [0.1, 0.15) is 41.0 Å². The first-order valence-corrected chi connectivity index (χ1v) is 8.54. The van der Waals surface area contributed by atoms with Crippen LogP contribution >= 0.6 is 0 Å². The minimum Gasteiger partial charge on any atom is -0.444 e. The second kappa shape index (κ2) is 7.83. The van der Waals surface area contributed by atoms with Crippen LogP contribution in [0.15, 0.2) is 0 Å². The largest absolute Gasteiger partial charge is 0.444 e. The lowest BCUT2D eigenvalue weighted by Crippen LogP contribution is -2.39. The summed E-state index contributed by atoms with van der Waals surface area (Å²) in [6, 6.07) is 0. The molecule has 0 unspecified atom stereocenters. The lowest BCUT2D eigenvalue weighted by molar-refractivity contribution is 0.0221. The third-order valence-electron chi connectivity index (χ3n) is 2.11. The number of hydrogen-bond donors (Lipinski definition) is 0. The fourth-order valence-electron chi connectivity index (χ4n) is 1.49. The highest BCUT2D eigenvalue weighted by Crippen LogP contribution is 2.11. The molecular formula is C13H27NO5S. The molecule has 0 N–H and O–H groups in total. The summed E-state index contributed by atoms with van der Waals surface area (Å²) in [5.74, 6) is 0.304. The highest BCUT2D eigenvalue weighted by Gasteiger charge is 2.22. The number of rotatable bonds is 7. The van der Waals surface area contributed by atoms with Crippen molar-refractivity contribution in [2.45, 2.75) is 46.6 Å². The van der Waals surface area contributed by atoms with Gasteiger partial charge in [-0.15, -0.1) is 0 Å². The Labute approximate surface area is 122 Å². The quantitative estimate of drug-likeness (QED) is 0.533. The molecule has 0 saturated heterocycles. The molecular weight excluding hydrogens is 282 g/mol. The van der Waals surface area contributed by atoms with E-state index in [2.05, 4.69) is 4.18 Å². The maximum atomic E-state index is 12.0. The number of nitrogens with zero attached hydrogens (tertiary/aromatic N) is 1. The predicted molar refractivity (Wildman–Crippen MR) is 78.1 cm³/mol. The summed E-state index contributed by atoms with van der Waals surface area (Å²) < 4.78 is 31.7. The van der Waals surface area contributed by atoms with Crippen LogP contribution in [0.2, 0.25) is 0 Å². The fourth-order valence-corrected chi connectivity index (χ4v) is 1.91. The summed E-state index contributed by atoms with van der Waals surface area (Å²) >= 11 is 0. The van der Waals surface area contributed by atoms with Gasteiger partial charge in [-0.3, -0.25) is 4.18 Å². The summed E-state index contributed by atoms with van der Waals surface area (Å²) in [7, 11) is -3.43. The Kier molecular flexibility index (Phi) is 7.51. The van der Waals surface area contributed by atoms with Crippen LogP contribution in [0.3, 0.4) is 0 Å². The Morgan fingerprint density at radius 3 is 2.20 bits per heavy atom. The van der Waals surface area contributed by atoms with Crippen molar-refractivity contribution in [1.82, 2.24) is 4.90 Å². The second-order valence-electron chi connectivity index (χ2n) is 6.20. The smallest absolute Gasteiger partial charge is 0.410 e. The molecule has 0 saturated carbocycles. The van der Waals surface area contributed by atoms with Crippen molar-refractivity contribution in [2.24, 2.45) is 5.92 Å². The van der Waals surface area contributed by atoms with Gasteiger partial charge in [-0.25, -0.2) is 4.79 Å². The van der Waals surface area contributed by atoms with E-state index in [-0.39, 0.29) is 12.7 Å². The summed E-state index contributed by atoms with van der Waals surface area (Å²) in [5.41, 5.74) is -0.546. The molecule has 0 atom stereocenters. The lowest BCUT2D eigenvalue weighted by Gasteiger charge is -2.28. The SMILES string of the molecule is CC(C)CN(CCCOS(C)(=O)=O)C(=O)OC(C)(C)C. The van der Waals surface area contributed by atoms with Crippen LogP contribution in [0.4, 0.5) is 4.79 Å². The van der Waals surface area contributed by atoms with Gasteiger partial charge in [0.1, 0.15) is 5.60 Å². The van der Waals surface area contributed by atoms with Crippen LogP contribution in [0, 0.1) is 5.92 Å². The predicted octanol–water partition coefficient (Wildman–Crippen LogP) is 2.25. The Morgan fingerprint density at radius 2 is 1.80 bits per heavy atom. The van der Waals surface area contributed by atoms with Crippen molar-refractivity contribution in [3.05, 3.63) is 0 Å². The molecule has 0 heterocycles.